The molecule has 0 aromatic rings. The third-order valence-corrected chi connectivity index (χ3v) is 2.43. The Morgan fingerprint density at radius 1 is 1.77 bits per heavy atom. The minimum atomic E-state index is 0.123. The third-order valence-electron chi connectivity index (χ3n) is 2.43. The zero-order valence-corrected chi connectivity index (χ0v) is 7.97. The van der Waals surface area contributed by atoms with Crippen LogP contribution in [-0.4, -0.2) is 25.0 Å². The zero-order valence-electron chi connectivity index (χ0n) is 7.97. The molecule has 0 bridgehead atoms. The van der Waals surface area contributed by atoms with E-state index in [2.05, 4.69) is 16.6 Å². The average Bonchev–Trinajstić information content (AvgIpc) is 2.52. The molecule has 2 atom stereocenters. The van der Waals surface area contributed by atoms with Crippen molar-refractivity contribution in [2.45, 2.75) is 25.8 Å². The lowest BCUT2D eigenvalue weighted by atomic mass is 10.0. The Labute approximate surface area is 79.3 Å². The molecule has 1 aliphatic heterocycles. The van der Waals surface area contributed by atoms with E-state index in [-0.39, 0.29) is 11.8 Å². The van der Waals surface area contributed by atoms with Crippen molar-refractivity contribution < 1.29 is 4.79 Å². The number of carbonyl (C=O) groups is 1. The van der Waals surface area contributed by atoms with Gasteiger partial charge < -0.3 is 10.6 Å². The standard InChI is InChI=1S/C10H16N2O/c1-3-4-6-12-10(13)9-5-7-11-8(9)2/h1,8-9,11H,4-7H2,2H3,(H,12,13). The molecular formula is C10H16N2O. The van der Waals surface area contributed by atoms with Gasteiger partial charge in [-0.2, -0.15) is 0 Å². The summed E-state index contributed by atoms with van der Waals surface area (Å²) in [6.45, 7) is 3.57. The average molecular weight is 180 g/mol. The second kappa shape index (κ2) is 4.88. The molecule has 72 valence electrons. The molecule has 2 N–H and O–H groups in total. The number of hydrogen-bond donors (Lipinski definition) is 2. The topological polar surface area (TPSA) is 41.1 Å². The van der Waals surface area contributed by atoms with Crippen LogP contribution in [0.5, 0.6) is 0 Å². The highest BCUT2D eigenvalue weighted by Crippen LogP contribution is 2.14. The van der Waals surface area contributed by atoms with Gasteiger partial charge in [0.2, 0.25) is 5.91 Å². The maximum atomic E-state index is 11.5. The Morgan fingerprint density at radius 3 is 3.08 bits per heavy atom. The van der Waals surface area contributed by atoms with E-state index in [9.17, 15) is 4.79 Å². The molecule has 2 unspecified atom stereocenters. The first-order chi connectivity index (χ1) is 6.25. The van der Waals surface area contributed by atoms with E-state index in [1.54, 1.807) is 0 Å². The van der Waals surface area contributed by atoms with E-state index in [0.717, 1.165) is 13.0 Å². The number of nitrogens with one attached hydrogen (secondary N) is 2. The van der Waals surface area contributed by atoms with Crippen molar-refractivity contribution in [3.8, 4) is 12.3 Å². The van der Waals surface area contributed by atoms with Crippen molar-refractivity contribution in [3.63, 3.8) is 0 Å². The first kappa shape index (κ1) is 10.1. The molecule has 1 heterocycles. The Bertz CT molecular complexity index is 219. The largest absolute Gasteiger partial charge is 0.355 e. The fraction of sp³-hybridized carbons (Fsp3) is 0.700. The smallest absolute Gasteiger partial charge is 0.224 e. The van der Waals surface area contributed by atoms with E-state index in [4.69, 9.17) is 6.42 Å². The first-order valence-corrected chi connectivity index (χ1v) is 4.70. The van der Waals surface area contributed by atoms with Crippen LogP contribution in [-0.2, 0) is 4.79 Å². The normalized spacial score (nSPS) is 26.8. The van der Waals surface area contributed by atoms with Crippen LogP contribution in [0.2, 0.25) is 0 Å². The minimum Gasteiger partial charge on any atom is -0.355 e. The summed E-state index contributed by atoms with van der Waals surface area (Å²) in [5.74, 6) is 2.75. The fourth-order valence-corrected chi connectivity index (χ4v) is 1.61. The van der Waals surface area contributed by atoms with E-state index < -0.39 is 0 Å². The molecule has 3 heteroatoms. The van der Waals surface area contributed by atoms with E-state index in [1.807, 2.05) is 6.92 Å². The molecule has 3 nitrogen and oxygen atoms in total. The Morgan fingerprint density at radius 2 is 2.54 bits per heavy atom. The van der Waals surface area contributed by atoms with E-state index in [1.165, 1.54) is 0 Å². The van der Waals surface area contributed by atoms with Gasteiger partial charge in [-0.05, 0) is 19.9 Å². The summed E-state index contributed by atoms with van der Waals surface area (Å²) in [6.07, 6.45) is 6.63. The molecule has 1 fully saturated rings. The van der Waals surface area contributed by atoms with Gasteiger partial charge in [-0.1, -0.05) is 0 Å². The Kier molecular flexibility index (Phi) is 3.78. The predicted molar refractivity (Wildman–Crippen MR) is 52.0 cm³/mol. The van der Waals surface area contributed by atoms with Gasteiger partial charge in [0, 0.05) is 19.0 Å². The van der Waals surface area contributed by atoms with E-state index in [0.29, 0.717) is 19.0 Å². The Balaban J connectivity index is 2.27. The second-order valence-electron chi connectivity index (χ2n) is 3.38. The zero-order chi connectivity index (χ0) is 9.68. The number of rotatable bonds is 3. The van der Waals surface area contributed by atoms with Gasteiger partial charge in [0.05, 0.1) is 5.92 Å². The summed E-state index contributed by atoms with van der Waals surface area (Å²) in [7, 11) is 0. The van der Waals surface area contributed by atoms with Crippen molar-refractivity contribution in [2.75, 3.05) is 13.1 Å². The number of carbonyl (C=O) groups excluding carboxylic acids is 1. The van der Waals surface area contributed by atoms with Crippen LogP contribution in [0.1, 0.15) is 19.8 Å². The van der Waals surface area contributed by atoms with Crippen molar-refractivity contribution in [1.82, 2.24) is 10.6 Å². The lowest BCUT2D eigenvalue weighted by Gasteiger charge is -2.13. The number of hydrogen-bond acceptors (Lipinski definition) is 2. The van der Waals surface area contributed by atoms with Gasteiger partial charge in [0.1, 0.15) is 0 Å². The molecule has 0 aromatic carbocycles. The van der Waals surface area contributed by atoms with Gasteiger partial charge in [0.15, 0.2) is 0 Å². The molecule has 0 aliphatic carbocycles. The highest BCUT2D eigenvalue weighted by atomic mass is 16.1. The summed E-state index contributed by atoms with van der Waals surface area (Å²) in [5, 5.41) is 6.07. The van der Waals surface area contributed by atoms with Crippen molar-refractivity contribution in [1.29, 1.82) is 0 Å². The molecule has 1 aliphatic rings. The van der Waals surface area contributed by atoms with Crippen molar-refractivity contribution in [2.24, 2.45) is 5.92 Å². The predicted octanol–water partition coefficient (Wildman–Crippen LogP) is 0.124. The molecule has 0 saturated carbocycles. The molecule has 13 heavy (non-hydrogen) atoms. The van der Waals surface area contributed by atoms with Crippen LogP contribution in [0.25, 0.3) is 0 Å². The fourth-order valence-electron chi connectivity index (χ4n) is 1.61. The molecule has 1 rings (SSSR count). The summed E-state index contributed by atoms with van der Waals surface area (Å²) in [4.78, 5) is 11.5. The minimum absolute atomic E-state index is 0.123. The summed E-state index contributed by atoms with van der Waals surface area (Å²) in [6, 6.07) is 0.297. The second-order valence-corrected chi connectivity index (χ2v) is 3.38. The highest BCUT2D eigenvalue weighted by molar-refractivity contribution is 5.79. The monoisotopic (exact) mass is 180 g/mol. The summed E-state index contributed by atoms with van der Waals surface area (Å²) < 4.78 is 0. The molecule has 0 radical (unpaired) electrons. The van der Waals surface area contributed by atoms with Crippen LogP contribution >= 0.6 is 0 Å². The third kappa shape index (κ3) is 2.74. The summed E-state index contributed by atoms with van der Waals surface area (Å²) >= 11 is 0. The lowest BCUT2D eigenvalue weighted by molar-refractivity contribution is -0.125. The van der Waals surface area contributed by atoms with Crippen LogP contribution in [0.3, 0.4) is 0 Å². The first-order valence-electron chi connectivity index (χ1n) is 4.70. The van der Waals surface area contributed by atoms with Gasteiger partial charge >= 0.3 is 0 Å². The highest BCUT2D eigenvalue weighted by Gasteiger charge is 2.28. The summed E-state index contributed by atoms with van der Waals surface area (Å²) in [5.41, 5.74) is 0. The van der Waals surface area contributed by atoms with Crippen molar-refractivity contribution in [3.05, 3.63) is 0 Å². The SMILES string of the molecule is C#CCCNC(=O)C1CCNC1C. The van der Waals surface area contributed by atoms with Crippen LogP contribution in [0, 0.1) is 18.3 Å². The van der Waals surface area contributed by atoms with Crippen molar-refractivity contribution >= 4 is 5.91 Å². The molecular weight excluding hydrogens is 164 g/mol. The molecule has 1 saturated heterocycles. The quantitative estimate of drug-likeness (QED) is 0.478. The van der Waals surface area contributed by atoms with Gasteiger partial charge in [-0.25, -0.2) is 0 Å². The maximum absolute atomic E-state index is 11.5. The molecule has 0 aromatic heterocycles. The van der Waals surface area contributed by atoms with Gasteiger partial charge in [-0.15, -0.1) is 12.3 Å². The lowest BCUT2D eigenvalue weighted by Crippen LogP contribution is -2.37. The number of amides is 1. The van der Waals surface area contributed by atoms with Crippen LogP contribution in [0.4, 0.5) is 0 Å². The van der Waals surface area contributed by atoms with E-state index >= 15 is 0 Å². The van der Waals surface area contributed by atoms with Gasteiger partial charge in [-0.3, -0.25) is 4.79 Å². The van der Waals surface area contributed by atoms with Crippen LogP contribution < -0.4 is 10.6 Å². The molecule has 1 amide bonds. The maximum Gasteiger partial charge on any atom is 0.224 e. The number of terminal acetylenes is 1. The van der Waals surface area contributed by atoms with Gasteiger partial charge in [0.25, 0.3) is 0 Å². The van der Waals surface area contributed by atoms with Crippen LogP contribution in [0.15, 0.2) is 0 Å². The Hall–Kier alpha value is -1.01. The molecule has 0 spiro atoms.